The highest BCUT2D eigenvalue weighted by atomic mass is 16.1. The second-order valence-corrected chi connectivity index (χ2v) is 9.28. The zero-order chi connectivity index (χ0) is 23.6. The fourth-order valence-electron chi connectivity index (χ4n) is 4.84. The molecule has 2 aromatic carbocycles. The number of hydrogen-bond acceptors (Lipinski definition) is 2. The van der Waals surface area contributed by atoms with Crippen molar-refractivity contribution in [1.29, 1.82) is 0 Å². The van der Waals surface area contributed by atoms with Crippen LogP contribution >= 0.6 is 0 Å². The van der Waals surface area contributed by atoms with Gasteiger partial charge in [-0.05, 0) is 75.4 Å². The van der Waals surface area contributed by atoms with Crippen LogP contribution in [0.25, 0.3) is 10.9 Å². The van der Waals surface area contributed by atoms with Gasteiger partial charge in [0, 0.05) is 36.6 Å². The number of hydrogen-bond donors (Lipinski definition) is 1. The van der Waals surface area contributed by atoms with Crippen LogP contribution < -0.4 is 5.32 Å². The van der Waals surface area contributed by atoms with Crippen LogP contribution in [0.2, 0.25) is 0 Å². The molecule has 1 amide bonds. The third-order valence-corrected chi connectivity index (χ3v) is 6.84. The van der Waals surface area contributed by atoms with E-state index in [1.54, 1.807) is 0 Å². The van der Waals surface area contributed by atoms with Gasteiger partial charge < -0.3 is 14.8 Å². The van der Waals surface area contributed by atoms with Crippen LogP contribution in [0.5, 0.6) is 0 Å². The van der Waals surface area contributed by atoms with Gasteiger partial charge >= 0.3 is 0 Å². The van der Waals surface area contributed by atoms with Crippen LogP contribution in [0, 0.1) is 0 Å². The summed E-state index contributed by atoms with van der Waals surface area (Å²) < 4.78 is 2.19. The molecule has 3 rings (SSSR count). The van der Waals surface area contributed by atoms with Crippen molar-refractivity contribution < 1.29 is 4.79 Å². The highest BCUT2D eigenvalue weighted by molar-refractivity contribution is 5.85. The van der Waals surface area contributed by atoms with Gasteiger partial charge in [0.1, 0.15) is 0 Å². The second-order valence-electron chi connectivity index (χ2n) is 9.28. The molecule has 1 aromatic heterocycles. The number of amides is 1. The Morgan fingerprint density at radius 3 is 2.42 bits per heavy atom. The van der Waals surface area contributed by atoms with E-state index in [1.807, 2.05) is 0 Å². The van der Waals surface area contributed by atoms with Gasteiger partial charge in [0.2, 0.25) is 5.91 Å². The molecule has 33 heavy (non-hydrogen) atoms. The molecule has 0 bridgehead atoms. The molecule has 0 aliphatic carbocycles. The summed E-state index contributed by atoms with van der Waals surface area (Å²) in [7, 11) is 2.10. The van der Waals surface area contributed by atoms with Crippen molar-refractivity contribution in [2.75, 3.05) is 19.6 Å². The Morgan fingerprint density at radius 2 is 1.70 bits per heavy atom. The number of para-hydroxylation sites is 1. The SMILES string of the molecule is CCN(CC)CCC[C@H](C)NC(=O)C[C@@H](CCc1ccccc1)c1cn(C)c2ccccc12. The van der Waals surface area contributed by atoms with Crippen molar-refractivity contribution in [1.82, 2.24) is 14.8 Å². The van der Waals surface area contributed by atoms with Crippen LogP contribution in [0.15, 0.2) is 60.8 Å². The van der Waals surface area contributed by atoms with Crippen LogP contribution in [0.3, 0.4) is 0 Å². The molecule has 1 heterocycles. The van der Waals surface area contributed by atoms with E-state index in [-0.39, 0.29) is 17.9 Å². The summed E-state index contributed by atoms with van der Waals surface area (Å²) in [6.07, 6.45) is 6.82. The van der Waals surface area contributed by atoms with Gasteiger partial charge in [-0.3, -0.25) is 4.79 Å². The number of aromatic nitrogens is 1. The average Bonchev–Trinajstić information content (AvgIpc) is 3.16. The number of aryl methyl sites for hydroxylation is 2. The van der Waals surface area contributed by atoms with Crippen LogP contribution in [-0.4, -0.2) is 41.1 Å². The molecule has 178 valence electrons. The lowest BCUT2D eigenvalue weighted by Crippen LogP contribution is -2.34. The third kappa shape index (κ3) is 7.20. The maximum atomic E-state index is 13.1. The van der Waals surface area contributed by atoms with Crippen LogP contribution in [-0.2, 0) is 18.3 Å². The molecule has 0 radical (unpaired) electrons. The first-order chi connectivity index (χ1) is 16.0. The van der Waals surface area contributed by atoms with Crippen LogP contribution in [0.1, 0.15) is 63.5 Å². The quantitative estimate of drug-likeness (QED) is 0.354. The summed E-state index contributed by atoms with van der Waals surface area (Å²) in [5.41, 5.74) is 3.84. The standard InChI is InChI=1S/C29H41N3O/c1-5-32(6-2)20-12-13-23(3)30-29(33)21-25(19-18-24-14-8-7-9-15-24)27-22-31(4)28-17-11-10-16-26(27)28/h7-11,14-17,22-23,25H,5-6,12-13,18-21H2,1-4H3,(H,30,33)/t23-,25+/m0/s1. The molecule has 0 aliphatic rings. The number of benzene rings is 2. The predicted molar refractivity (Wildman–Crippen MR) is 140 cm³/mol. The second kappa shape index (κ2) is 12.6. The summed E-state index contributed by atoms with van der Waals surface area (Å²) in [6.45, 7) is 9.83. The monoisotopic (exact) mass is 447 g/mol. The zero-order valence-electron chi connectivity index (χ0n) is 20.9. The number of nitrogens with zero attached hydrogens (tertiary/aromatic N) is 2. The van der Waals surface area contributed by atoms with Crippen molar-refractivity contribution in [2.45, 2.75) is 64.8 Å². The minimum absolute atomic E-state index is 0.163. The first-order valence-electron chi connectivity index (χ1n) is 12.6. The minimum atomic E-state index is 0.163. The fraction of sp³-hybridized carbons (Fsp3) is 0.483. The number of rotatable bonds is 13. The number of carbonyl (C=O) groups is 1. The highest BCUT2D eigenvalue weighted by Gasteiger charge is 2.21. The van der Waals surface area contributed by atoms with Gasteiger partial charge in [0.15, 0.2) is 0 Å². The third-order valence-electron chi connectivity index (χ3n) is 6.84. The summed E-state index contributed by atoms with van der Waals surface area (Å²) in [6, 6.07) is 19.3. The Morgan fingerprint density at radius 1 is 1.00 bits per heavy atom. The molecule has 1 N–H and O–H groups in total. The molecule has 0 unspecified atom stereocenters. The molecule has 0 saturated carbocycles. The van der Waals surface area contributed by atoms with E-state index in [0.29, 0.717) is 6.42 Å². The van der Waals surface area contributed by atoms with Crippen molar-refractivity contribution >= 4 is 16.8 Å². The fourth-order valence-corrected chi connectivity index (χ4v) is 4.84. The Hall–Kier alpha value is -2.59. The maximum absolute atomic E-state index is 13.1. The number of nitrogens with one attached hydrogen (secondary N) is 1. The van der Waals surface area contributed by atoms with E-state index in [2.05, 4.69) is 103 Å². The smallest absolute Gasteiger partial charge is 0.220 e. The lowest BCUT2D eigenvalue weighted by atomic mass is 9.89. The molecule has 4 heteroatoms. The summed E-state index contributed by atoms with van der Waals surface area (Å²) in [4.78, 5) is 15.5. The van der Waals surface area contributed by atoms with E-state index < -0.39 is 0 Å². The average molecular weight is 448 g/mol. The zero-order valence-corrected chi connectivity index (χ0v) is 20.9. The van der Waals surface area contributed by atoms with E-state index in [9.17, 15) is 4.79 Å². The van der Waals surface area contributed by atoms with Gasteiger partial charge in [-0.1, -0.05) is 62.4 Å². The largest absolute Gasteiger partial charge is 0.354 e. The molecule has 0 fully saturated rings. The Labute approximate surface area is 200 Å². The molecular formula is C29H41N3O. The van der Waals surface area contributed by atoms with Crippen molar-refractivity contribution in [3.63, 3.8) is 0 Å². The topological polar surface area (TPSA) is 37.3 Å². The molecule has 0 saturated heterocycles. The molecule has 0 spiro atoms. The van der Waals surface area contributed by atoms with E-state index in [4.69, 9.17) is 0 Å². The van der Waals surface area contributed by atoms with E-state index in [1.165, 1.54) is 22.0 Å². The molecule has 2 atom stereocenters. The molecule has 4 nitrogen and oxygen atoms in total. The molecule has 0 aliphatic heterocycles. The maximum Gasteiger partial charge on any atom is 0.220 e. The van der Waals surface area contributed by atoms with Crippen LogP contribution in [0.4, 0.5) is 0 Å². The molecular weight excluding hydrogens is 406 g/mol. The van der Waals surface area contributed by atoms with Gasteiger partial charge in [-0.25, -0.2) is 0 Å². The Bertz CT molecular complexity index is 991. The van der Waals surface area contributed by atoms with Crippen molar-refractivity contribution in [3.8, 4) is 0 Å². The van der Waals surface area contributed by atoms with Gasteiger partial charge in [0.05, 0.1) is 0 Å². The molecule has 3 aromatic rings. The first kappa shape index (κ1) is 25.0. The van der Waals surface area contributed by atoms with Crippen molar-refractivity contribution in [3.05, 3.63) is 71.9 Å². The lowest BCUT2D eigenvalue weighted by molar-refractivity contribution is -0.122. The summed E-state index contributed by atoms with van der Waals surface area (Å²) in [5.74, 6) is 0.357. The lowest BCUT2D eigenvalue weighted by Gasteiger charge is -2.21. The minimum Gasteiger partial charge on any atom is -0.354 e. The summed E-state index contributed by atoms with van der Waals surface area (Å²) in [5, 5.41) is 4.54. The van der Waals surface area contributed by atoms with E-state index in [0.717, 1.165) is 45.3 Å². The van der Waals surface area contributed by atoms with Crippen molar-refractivity contribution in [2.24, 2.45) is 7.05 Å². The Balaban J connectivity index is 1.66. The number of fused-ring (bicyclic) bond motifs is 1. The Kier molecular flexibility index (Phi) is 9.56. The van der Waals surface area contributed by atoms with Gasteiger partial charge in [-0.2, -0.15) is 0 Å². The van der Waals surface area contributed by atoms with E-state index >= 15 is 0 Å². The van der Waals surface area contributed by atoms with Gasteiger partial charge in [0.25, 0.3) is 0 Å². The highest BCUT2D eigenvalue weighted by Crippen LogP contribution is 2.32. The normalized spacial score (nSPS) is 13.4. The summed E-state index contributed by atoms with van der Waals surface area (Å²) >= 11 is 0. The first-order valence-corrected chi connectivity index (χ1v) is 12.6. The van der Waals surface area contributed by atoms with Gasteiger partial charge in [-0.15, -0.1) is 0 Å². The number of carbonyl (C=O) groups excluding carboxylic acids is 1. The predicted octanol–water partition coefficient (Wildman–Crippen LogP) is 5.91.